The highest BCUT2D eigenvalue weighted by molar-refractivity contribution is 5.94. The Morgan fingerprint density at radius 1 is 1.18 bits per heavy atom. The Labute approximate surface area is 195 Å². The molecule has 1 aliphatic heterocycles. The molecule has 2 heterocycles. The Hall–Kier alpha value is -3.36. The van der Waals surface area contributed by atoms with E-state index in [9.17, 15) is 14.9 Å². The smallest absolute Gasteiger partial charge is 0.274 e. The zero-order chi connectivity index (χ0) is 23.8. The third-order valence-corrected chi connectivity index (χ3v) is 6.11. The molecule has 0 atom stereocenters. The van der Waals surface area contributed by atoms with Crippen molar-refractivity contribution in [3.63, 3.8) is 0 Å². The standard InChI is InChI=1S/C24H34N6O3/c1-4-13-27(14-5-2)23(18-30(32)33)28-15-10-21(11-16-28)26(3)24(31)20-6-8-22(9-7-20)29-17-12-25-19-29/h6-9,12,17-19,21H,4-5,10-11,13-16H2,1-3H3/b23-18-. The summed E-state index contributed by atoms with van der Waals surface area (Å²) in [7, 11) is 1.85. The molecule has 1 fully saturated rings. The van der Waals surface area contributed by atoms with E-state index in [-0.39, 0.29) is 16.9 Å². The first kappa shape index (κ1) is 24.3. The number of nitro groups is 1. The maximum absolute atomic E-state index is 13.1. The molecule has 1 amide bonds. The van der Waals surface area contributed by atoms with Gasteiger partial charge in [-0.05, 0) is 49.9 Å². The molecule has 3 rings (SSSR count). The lowest BCUT2D eigenvalue weighted by Gasteiger charge is -2.41. The summed E-state index contributed by atoms with van der Waals surface area (Å²) in [5, 5.41) is 11.3. The van der Waals surface area contributed by atoms with Crippen LogP contribution in [0.1, 0.15) is 49.9 Å². The van der Waals surface area contributed by atoms with Crippen molar-refractivity contribution in [2.75, 3.05) is 33.2 Å². The Morgan fingerprint density at radius 3 is 2.33 bits per heavy atom. The number of amides is 1. The summed E-state index contributed by atoms with van der Waals surface area (Å²) in [6, 6.07) is 7.61. The number of likely N-dealkylation sites (tertiary alicyclic amines) is 1. The van der Waals surface area contributed by atoms with Gasteiger partial charge < -0.3 is 19.3 Å². The third kappa shape index (κ3) is 6.12. The highest BCUT2D eigenvalue weighted by Gasteiger charge is 2.29. The second kappa shape index (κ2) is 11.5. The van der Waals surface area contributed by atoms with Gasteiger partial charge in [0.05, 0.1) is 11.3 Å². The van der Waals surface area contributed by atoms with Crippen LogP contribution in [-0.2, 0) is 0 Å². The fourth-order valence-corrected chi connectivity index (χ4v) is 4.38. The second-order valence-corrected chi connectivity index (χ2v) is 8.41. The van der Waals surface area contributed by atoms with Crippen molar-refractivity contribution in [2.24, 2.45) is 0 Å². The lowest BCUT2D eigenvalue weighted by atomic mass is 10.0. The van der Waals surface area contributed by atoms with Gasteiger partial charge >= 0.3 is 0 Å². The Bertz CT molecular complexity index is 928. The molecule has 9 heteroatoms. The van der Waals surface area contributed by atoms with Gasteiger partial charge in [0.15, 0.2) is 5.82 Å². The summed E-state index contributed by atoms with van der Waals surface area (Å²) in [4.78, 5) is 34.1. The monoisotopic (exact) mass is 454 g/mol. The maximum atomic E-state index is 13.1. The van der Waals surface area contributed by atoms with Crippen molar-refractivity contribution in [2.45, 2.75) is 45.6 Å². The van der Waals surface area contributed by atoms with Crippen LogP contribution in [0.5, 0.6) is 0 Å². The number of aromatic nitrogens is 2. The summed E-state index contributed by atoms with van der Waals surface area (Å²) in [5.74, 6) is 0.677. The van der Waals surface area contributed by atoms with E-state index in [4.69, 9.17) is 0 Å². The Balaban J connectivity index is 1.63. The minimum Gasteiger partial charge on any atom is -0.353 e. The maximum Gasteiger partial charge on any atom is 0.274 e. The molecule has 0 spiro atoms. The highest BCUT2D eigenvalue weighted by Crippen LogP contribution is 2.23. The number of imidazole rings is 1. The largest absolute Gasteiger partial charge is 0.353 e. The van der Waals surface area contributed by atoms with E-state index >= 15 is 0 Å². The van der Waals surface area contributed by atoms with Crippen molar-refractivity contribution in [3.8, 4) is 5.69 Å². The summed E-state index contributed by atoms with van der Waals surface area (Å²) in [6.45, 7) is 7.13. The number of carbonyl (C=O) groups is 1. The number of piperidine rings is 1. The zero-order valence-corrected chi connectivity index (χ0v) is 19.8. The van der Waals surface area contributed by atoms with Gasteiger partial charge in [0.25, 0.3) is 12.1 Å². The Morgan fingerprint density at radius 2 is 1.82 bits per heavy atom. The van der Waals surface area contributed by atoms with E-state index in [0.29, 0.717) is 24.5 Å². The number of hydrogen-bond donors (Lipinski definition) is 0. The molecule has 2 aromatic rings. The van der Waals surface area contributed by atoms with Crippen LogP contribution in [0, 0.1) is 10.1 Å². The van der Waals surface area contributed by atoms with Gasteiger partial charge in [-0.25, -0.2) is 4.98 Å². The van der Waals surface area contributed by atoms with Crippen LogP contribution in [0.15, 0.2) is 55.0 Å². The SMILES string of the molecule is CCCN(CCC)/C(=C/[N+](=O)[O-])N1CCC(N(C)C(=O)c2ccc(-n3ccnc3)cc2)CC1. The lowest BCUT2D eigenvalue weighted by molar-refractivity contribution is -0.405. The first-order valence-electron chi connectivity index (χ1n) is 11.6. The molecule has 33 heavy (non-hydrogen) atoms. The normalized spacial score (nSPS) is 14.9. The second-order valence-electron chi connectivity index (χ2n) is 8.41. The van der Waals surface area contributed by atoms with Crippen LogP contribution < -0.4 is 0 Å². The lowest BCUT2D eigenvalue weighted by Crippen LogP contribution is -2.47. The van der Waals surface area contributed by atoms with Gasteiger partial charge in [-0.1, -0.05) is 13.8 Å². The minimum atomic E-state index is -0.358. The Kier molecular flexibility index (Phi) is 8.46. The molecule has 0 aliphatic carbocycles. The predicted octanol–water partition coefficient (Wildman–Crippen LogP) is 3.61. The molecule has 178 valence electrons. The molecule has 1 aliphatic rings. The molecule has 0 saturated carbocycles. The highest BCUT2D eigenvalue weighted by atomic mass is 16.6. The summed E-state index contributed by atoms with van der Waals surface area (Å²) in [6.07, 6.45) is 9.86. The van der Waals surface area contributed by atoms with Crippen LogP contribution in [0.2, 0.25) is 0 Å². The van der Waals surface area contributed by atoms with Gasteiger partial charge in [0.2, 0.25) is 0 Å². The molecule has 0 radical (unpaired) electrons. The summed E-state index contributed by atoms with van der Waals surface area (Å²) in [5.41, 5.74) is 1.60. The molecule has 9 nitrogen and oxygen atoms in total. The number of carbonyl (C=O) groups excluding carboxylic acids is 1. The van der Waals surface area contributed by atoms with Crippen LogP contribution in [0.25, 0.3) is 5.69 Å². The van der Waals surface area contributed by atoms with E-state index in [1.54, 1.807) is 12.5 Å². The van der Waals surface area contributed by atoms with Crippen molar-refractivity contribution >= 4 is 5.91 Å². The van der Waals surface area contributed by atoms with Gasteiger partial charge in [0, 0.05) is 62.9 Å². The molecule has 0 unspecified atom stereocenters. The zero-order valence-electron chi connectivity index (χ0n) is 19.8. The van der Waals surface area contributed by atoms with Crippen LogP contribution >= 0.6 is 0 Å². The predicted molar refractivity (Wildman–Crippen MR) is 127 cm³/mol. The number of hydrogen-bond acceptors (Lipinski definition) is 6. The fourth-order valence-electron chi connectivity index (χ4n) is 4.38. The first-order valence-corrected chi connectivity index (χ1v) is 11.6. The van der Waals surface area contributed by atoms with Crippen LogP contribution in [-0.4, -0.2) is 74.3 Å². The number of nitrogens with zero attached hydrogens (tertiary/aromatic N) is 6. The van der Waals surface area contributed by atoms with E-state index in [1.165, 1.54) is 0 Å². The van der Waals surface area contributed by atoms with Gasteiger partial charge in [-0.15, -0.1) is 0 Å². The van der Waals surface area contributed by atoms with Gasteiger partial charge in [-0.2, -0.15) is 0 Å². The minimum absolute atomic E-state index is 0.00900. The van der Waals surface area contributed by atoms with Gasteiger partial charge in [-0.3, -0.25) is 14.9 Å². The van der Waals surface area contributed by atoms with Crippen molar-refractivity contribution < 1.29 is 9.72 Å². The van der Waals surface area contributed by atoms with Gasteiger partial charge in [0.1, 0.15) is 0 Å². The average molecular weight is 455 g/mol. The van der Waals surface area contributed by atoms with Crippen LogP contribution in [0.4, 0.5) is 0 Å². The summed E-state index contributed by atoms with van der Waals surface area (Å²) >= 11 is 0. The van der Waals surface area contributed by atoms with Crippen molar-refractivity contribution in [1.82, 2.24) is 24.3 Å². The fraction of sp³-hybridized carbons (Fsp3) is 0.500. The number of benzene rings is 1. The molecule has 1 aromatic heterocycles. The molecule has 0 N–H and O–H groups in total. The molecule has 1 saturated heterocycles. The third-order valence-electron chi connectivity index (χ3n) is 6.11. The summed E-state index contributed by atoms with van der Waals surface area (Å²) < 4.78 is 1.89. The van der Waals surface area contributed by atoms with E-state index in [1.807, 2.05) is 47.0 Å². The average Bonchev–Trinajstić information content (AvgIpc) is 3.37. The molecular formula is C24H34N6O3. The quantitative estimate of drug-likeness (QED) is 0.403. The molecule has 0 bridgehead atoms. The van der Waals surface area contributed by atoms with Crippen molar-refractivity contribution in [3.05, 3.63) is 70.7 Å². The number of rotatable bonds is 10. The first-order chi connectivity index (χ1) is 15.9. The van der Waals surface area contributed by atoms with E-state index in [2.05, 4.69) is 28.6 Å². The molecule has 1 aromatic carbocycles. The topological polar surface area (TPSA) is 87.8 Å². The van der Waals surface area contributed by atoms with Crippen molar-refractivity contribution in [1.29, 1.82) is 0 Å². The molecular weight excluding hydrogens is 420 g/mol. The van der Waals surface area contributed by atoms with E-state index < -0.39 is 0 Å². The van der Waals surface area contributed by atoms with E-state index in [0.717, 1.165) is 50.7 Å². The van der Waals surface area contributed by atoms with Crippen LogP contribution in [0.3, 0.4) is 0 Å².